The molecule has 1 N–H and O–H groups in total. The summed E-state index contributed by atoms with van der Waals surface area (Å²) in [6, 6.07) is 8.78. The van der Waals surface area contributed by atoms with Gasteiger partial charge in [0.1, 0.15) is 23.9 Å². The maximum absolute atomic E-state index is 12.5. The van der Waals surface area contributed by atoms with Gasteiger partial charge in [0.25, 0.3) is 0 Å². The summed E-state index contributed by atoms with van der Waals surface area (Å²) >= 11 is 0. The van der Waals surface area contributed by atoms with E-state index in [1.807, 2.05) is 0 Å². The fraction of sp³-hybridized carbons (Fsp3) is 0.320. The van der Waals surface area contributed by atoms with Crippen molar-refractivity contribution in [3.8, 4) is 29.1 Å². The van der Waals surface area contributed by atoms with Gasteiger partial charge in [0, 0.05) is 24.7 Å². The number of benzene rings is 2. The number of aliphatic carboxylic acids is 1. The summed E-state index contributed by atoms with van der Waals surface area (Å²) in [6.45, 7) is 3.60. The summed E-state index contributed by atoms with van der Waals surface area (Å²) in [5.74, 6) is 2.66. The monoisotopic (exact) mass is 532 g/mol. The molecule has 0 saturated carbocycles. The zero-order chi connectivity index (χ0) is 27.6. The van der Waals surface area contributed by atoms with E-state index in [1.54, 1.807) is 44.2 Å². The molecule has 0 aliphatic heterocycles. The van der Waals surface area contributed by atoms with Crippen LogP contribution in [-0.4, -0.2) is 43.1 Å². The van der Waals surface area contributed by atoms with Crippen LogP contribution in [0.25, 0.3) is 0 Å². The van der Waals surface area contributed by atoms with Crippen molar-refractivity contribution in [1.29, 1.82) is 0 Å². The third kappa shape index (κ3) is 11.6. The Kier molecular flexibility index (Phi) is 10.3. The fourth-order valence-electron chi connectivity index (χ4n) is 2.87. The normalized spacial score (nSPS) is 12.8. The van der Waals surface area contributed by atoms with Crippen molar-refractivity contribution in [3.63, 3.8) is 0 Å². The number of hydrogen-bond donors (Lipinski definition) is 1. The van der Waals surface area contributed by atoms with Crippen molar-refractivity contribution in [2.45, 2.75) is 39.1 Å². The Morgan fingerprint density at radius 1 is 0.973 bits per heavy atom. The lowest BCUT2D eigenvalue weighted by Crippen LogP contribution is -2.26. The quantitative estimate of drug-likeness (QED) is 0.304. The van der Waals surface area contributed by atoms with E-state index in [-0.39, 0.29) is 25.2 Å². The number of allylic oxidation sites excluding steroid dienone is 1. The Labute approximate surface area is 208 Å². The van der Waals surface area contributed by atoms with E-state index in [9.17, 15) is 31.1 Å². The van der Waals surface area contributed by atoms with E-state index in [4.69, 9.17) is 14.6 Å². The van der Waals surface area contributed by atoms with Gasteiger partial charge in [-0.2, -0.15) is 0 Å². The Morgan fingerprint density at radius 3 is 2.03 bits per heavy atom. The van der Waals surface area contributed by atoms with Crippen LogP contribution in [-0.2, 0) is 16.0 Å². The molecule has 2 aromatic rings. The molecule has 0 saturated heterocycles. The molecule has 0 heterocycles. The Hall–Kier alpha value is -3.85. The van der Waals surface area contributed by atoms with E-state index < -0.39 is 36.3 Å². The highest BCUT2D eigenvalue weighted by Gasteiger charge is 2.33. The molecule has 0 amide bonds. The molecule has 6 nitrogen and oxygen atoms in total. The molecule has 0 radical (unpaired) electrons. The molecular formula is C25H22F6O6. The predicted octanol–water partition coefficient (Wildman–Crippen LogP) is 5.89. The first kappa shape index (κ1) is 29.4. The second-order valence-corrected chi connectivity index (χ2v) is 7.37. The number of hydrogen-bond acceptors (Lipinski definition) is 5. The predicted molar refractivity (Wildman–Crippen MR) is 119 cm³/mol. The van der Waals surface area contributed by atoms with Gasteiger partial charge in [-0.05, 0) is 55.3 Å². The number of rotatable bonds is 10. The van der Waals surface area contributed by atoms with Crippen LogP contribution in [0.3, 0.4) is 0 Å². The highest BCUT2D eigenvalue weighted by Crippen LogP contribution is 2.31. The lowest BCUT2D eigenvalue weighted by Gasteiger charge is -2.13. The third-order valence-electron chi connectivity index (χ3n) is 4.38. The van der Waals surface area contributed by atoms with Gasteiger partial charge in [0.05, 0.1) is 0 Å². The van der Waals surface area contributed by atoms with Crippen LogP contribution in [0, 0.1) is 11.8 Å². The fourth-order valence-corrected chi connectivity index (χ4v) is 2.87. The number of ether oxygens (including phenoxy) is 4. The summed E-state index contributed by atoms with van der Waals surface area (Å²) in [6.07, 6.45) is -9.46. The van der Waals surface area contributed by atoms with Gasteiger partial charge in [0.15, 0.2) is 6.10 Å². The van der Waals surface area contributed by atoms with Crippen LogP contribution in [0.1, 0.15) is 25.0 Å². The molecule has 0 fully saturated rings. The van der Waals surface area contributed by atoms with Crippen LogP contribution in [0.4, 0.5) is 26.3 Å². The van der Waals surface area contributed by atoms with Gasteiger partial charge in [-0.1, -0.05) is 24.0 Å². The molecular weight excluding hydrogens is 510 g/mol. The van der Waals surface area contributed by atoms with Gasteiger partial charge in [-0.15, -0.1) is 26.3 Å². The van der Waals surface area contributed by atoms with Crippen LogP contribution in [0.2, 0.25) is 0 Å². The number of carboxylic acids is 1. The van der Waals surface area contributed by atoms with Crippen molar-refractivity contribution < 1.29 is 55.2 Å². The van der Waals surface area contributed by atoms with Gasteiger partial charge in [-0.3, -0.25) is 0 Å². The van der Waals surface area contributed by atoms with Crippen molar-refractivity contribution in [2.24, 2.45) is 0 Å². The molecule has 0 spiro atoms. The van der Waals surface area contributed by atoms with Crippen LogP contribution in [0.15, 0.2) is 54.1 Å². The summed E-state index contributed by atoms with van der Waals surface area (Å²) in [7, 11) is 0. The number of halogens is 6. The topological polar surface area (TPSA) is 74.2 Å². The van der Waals surface area contributed by atoms with E-state index in [0.717, 1.165) is 17.7 Å². The van der Waals surface area contributed by atoms with Crippen molar-refractivity contribution >= 4 is 5.97 Å². The summed E-state index contributed by atoms with van der Waals surface area (Å²) < 4.78 is 93.1. The molecule has 0 aromatic heterocycles. The first-order valence-electron chi connectivity index (χ1n) is 10.7. The Morgan fingerprint density at radius 2 is 1.54 bits per heavy atom. The molecule has 2 rings (SSSR count). The second kappa shape index (κ2) is 12.9. The van der Waals surface area contributed by atoms with Crippen molar-refractivity contribution in [1.82, 2.24) is 0 Å². The zero-order valence-corrected chi connectivity index (χ0v) is 19.6. The highest BCUT2D eigenvalue weighted by atomic mass is 19.4. The SMILES string of the molecule is CCOC(Cc1ccc(OCC=C(C)C#Cc2cc(OC(F)(F)F)cc(OC(F)(F)F)c2)cc1)C(=O)O. The van der Waals surface area contributed by atoms with E-state index >= 15 is 0 Å². The lowest BCUT2D eigenvalue weighted by atomic mass is 10.1. The van der Waals surface area contributed by atoms with Crippen LogP contribution in [0.5, 0.6) is 17.2 Å². The molecule has 2 aromatic carbocycles. The van der Waals surface area contributed by atoms with Gasteiger partial charge in [0.2, 0.25) is 0 Å². The maximum Gasteiger partial charge on any atom is 0.573 e. The lowest BCUT2D eigenvalue weighted by molar-refractivity contribution is -0.276. The molecule has 0 bridgehead atoms. The molecule has 0 aliphatic rings. The van der Waals surface area contributed by atoms with Crippen LogP contribution >= 0.6 is 0 Å². The largest absolute Gasteiger partial charge is 0.573 e. The van der Waals surface area contributed by atoms with Crippen molar-refractivity contribution in [2.75, 3.05) is 13.2 Å². The minimum absolute atomic E-state index is 0.0657. The summed E-state index contributed by atoms with van der Waals surface area (Å²) in [5, 5.41) is 9.15. The number of carbonyl (C=O) groups is 1. The molecule has 200 valence electrons. The smallest absolute Gasteiger partial charge is 0.490 e. The summed E-state index contributed by atoms with van der Waals surface area (Å²) in [4.78, 5) is 11.2. The van der Waals surface area contributed by atoms with Gasteiger partial charge >= 0.3 is 18.7 Å². The maximum atomic E-state index is 12.5. The van der Waals surface area contributed by atoms with E-state index in [1.165, 1.54) is 0 Å². The summed E-state index contributed by atoms with van der Waals surface area (Å²) in [5.41, 5.74) is 0.964. The van der Waals surface area contributed by atoms with Gasteiger partial charge in [-0.25, -0.2) is 4.79 Å². The minimum atomic E-state index is -5.12. The molecule has 12 heteroatoms. The standard InChI is InChI=1S/C25H22F6O6/c1-3-34-22(23(32)33)14-17-6-8-19(9-7-17)35-11-10-16(2)4-5-18-12-20(36-24(26,27)28)15-21(13-18)37-25(29,30)31/h6-10,12-13,15,22H,3,11,14H2,1-2H3,(H,32,33). The third-order valence-corrected chi connectivity index (χ3v) is 4.38. The molecule has 1 atom stereocenters. The average molecular weight is 532 g/mol. The number of carboxylic acid groups (broad SMARTS) is 1. The molecule has 0 aliphatic carbocycles. The Balaban J connectivity index is 2.05. The minimum Gasteiger partial charge on any atom is -0.490 e. The first-order chi connectivity index (χ1) is 17.2. The van der Waals surface area contributed by atoms with E-state index in [2.05, 4.69) is 21.3 Å². The number of alkyl halides is 6. The van der Waals surface area contributed by atoms with Crippen LogP contribution < -0.4 is 14.2 Å². The second-order valence-electron chi connectivity index (χ2n) is 7.37. The highest BCUT2D eigenvalue weighted by molar-refractivity contribution is 5.72. The van der Waals surface area contributed by atoms with E-state index in [0.29, 0.717) is 17.4 Å². The zero-order valence-electron chi connectivity index (χ0n) is 19.6. The molecule has 1 unspecified atom stereocenters. The first-order valence-corrected chi connectivity index (χ1v) is 10.7. The molecule has 37 heavy (non-hydrogen) atoms. The Bertz CT molecular complexity index is 1110. The van der Waals surface area contributed by atoms with Crippen molar-refractivity contribution in [3.05, 3.63) is 65.2 Å². The van der Waals surface area contributed by atoms with Gasteiger partial charge < -0.3 is 24.1 Å². The average Bonchev–Trinajstić information content (AvgIpc) is 2.76.